The largest absolute Gasteiger partial charge is 0.390 e. The molecule has 176 valence electrons. The summed E-state index contributed by atoms with van der Waals surface area (Å²) in [5.41, 5.74) is 0.835. The molecule has 12 heteroatoms. The molecule has 0 radical (unpaired) electrons. The smallest absolute Gasteiger partial charge is 0.263 e. The number of anilines is 1. The van der Waals surface area contributed by atoms with Crippen LogP contribution in [0.5, 0.6) is 0 Å². The molecular weight excluding hydrogens is 459 g/mol. The summed E-state index contributed by atoms with van der Waals surface area (Å²) in [6, 6.07) is 6.26. The lowest BCUT2D eigenvalue weighted by atomic mass is 10.0. The minimum atomic E-state index is -3.37. The molecule has 2 atom stereocenters. The van der Waals surface area contributed by atoms with Crippen LogP contribution in [-0.4, -0.2) is 62.9 Å². The van der Waals surface area contributed by atoms with Crippen molar-refractivity contribution >= 4 is 21.5 Å². The number of sulfonamides is 1. The van der Waals surface area contributed by atoms with Gasteiger partial charge < -0.3 is 10.4 Å². The van der Waals surface area contributed by atoms with E-state index in [9.17, 15) is 26.7 Å². The Bertz CT molecular complexity index is 1280. The second kappa shape index (κ2) is 8.26. The van der Waals surface area contributed by atoms with Crippen LogP contribution < -0.4 is 5.32 Å². The van der Waals surface area contributed by atoms with Crippen molar-refractivity contribution in [2.75, 3.05) is 18.4 Å². The third kappa shape index (κ3) is 4.18. The summed E-state index contributed by atoms with van der Waals surface area (Å²) in [6.45, 7) is 0.258. The molecule has 3 heterocycles. The van der Waals surface area contributed by atoms with Crippen LogP contribution in [0.25, 0.3) is 16.8 Å². The van der Waals surface area contributed by atoms with Crippen LogP contribution in [0.4, 0.5) is 19.1 Å². The Morgan fingerprint density at radius 1 is 1.15 bits per heavy atom. The number of aromatic nitrogens is 3. The third-order valence-electron chi connectivity index (χ3n) is 6.09. The number of benzene rings is 1. The highest BCUT2D eigenvalue weighted by Gasteiger charge is 2.43. The fourth-order valence-electron chi connectivity index (χ4n) is 4.07. The van der Waals surface area contributed by atoms with Crippen LogP contribution in [0.3, 0.4) is 0 Å². The zero-order valence-corrected chi connectivity index (χ0v) is 18.2. The maximum atomic E-state index is 14.4. The van der Waals surface area contributed by atoms with E-state index < -0.39 is 34.4 Å². The standard InChI is InChI=1S/C21H22F3N5O3S/c22-15-9-17(12-1-3-13(4-2-12)20(23)24)29-18(15)10-25-21(27-29)26-16-7-8-28(11-19(16)30)33(31,32)14-5-6-14/h1-4,9-10,14,16,19-20,30H,5-8,11H2,(H,26,27)/t16-,19-/m1/s1. The van der Waals surface area contributed by atoms with Crippen LogP contribution in [0.1, 0.15) is 31.3 Å². The number of hydrogen-bond acceptors (Lipinski definition) is 6. The molecule has 3 aromatic rings. The Labute approximate surface area is 188 Å². The number of rotatable bonds is 6. The summed E-state index contributed by atoms with van der Waals surface area (Å²) in [6.07, 6.45) is -0.600. The average Bonchev–Trinajstić information content (AvgIpc) is 3.60. The summed E-state index contributed by atoms with van der Waals surface area (Å²) >= 11 is 0. The first-order valence-electron chi connectivity index (χ1n) is 10.6. The van der Waals surface area contributed by atoms with E-state index in [0.29, 0.717) is 30.5 Å². The first-order valence-corrected chi connectivity index (χ1v) is 12.1. The predicted molar refractivity (Wildman–Crippen MR) is 115 cm³/mol. The van der Waals surface area contributed by atoms with Crippen molar-refractivity contribution in [2.45, 2.75) is 43.1 Å². The predicted octanol–water partition coefficient (Wildman–Crippen LogP) is 2.81. The van der Waals surface area contributed by atoms with Crippen molar-refractivity contribution in [1.82, 2.24) is 18.9 Å². The molecule has 2 aromatic heterocycles. The average molecular weight is 482 g/mol. The minimum Gasteiger partial charge on any atom is -0.390 e. The van der Waals surface area contributed by atoms with Crippen molar-refractivity contribution in [1.29, 1.82) is 0 Å². The molecule has 33 heavy (non-hydrogen) atoms. The van der Waals surface area contributed by atoms with E-state index >= 15 is 0 Å². The van der Waals surface area contributed by atoms with E-state index in [1.54, 1.807) is 0 Å². The van der Waals surface area contributed by atoms with Crippen molar-refractivity contribution in [2.24, 2.45) is 0 Å². The number of piperidine rings is 1. The highest BCUT2D eigenvalue weighted by molar-refractivity contribution is 7.90. The Hall–Kier alpha value is -2.70. The summed E-state index contributed by atoms with van der Waals surface area (Å²) in [7, 11) is -3.37. The van der Waals surface area contributed by atoms with Gasteiger partial charge in [0.05, 0.1) is 29.3 Å². The molecule has 0 bridgehead atoms. The second-order valence-electron chi connectivity index (χ2n) is 8.39. The minimum absolute atomic E-state index is 0.0153. The van der Waals surface area contributed by atoms with Crippen LogP contribution in [0, 0.1) is 5.82 Å². The zero-order chi connectivity index (χ0) is 23.3. The van der Waals surface area contributed by atoms with E-state index in [-0.39, 0.29) is 35.4 Å². The molecular formula is C21H22F3N5O3S. The van der Waals surface area contributed by atoms with Crippen molar-refractivity contribution in [3.05, 3.63) is 47.9 Å². The van der Waals surface area contributed by atoms with Crippen LogP contribution in [-0.2, 0) is 10.0 Å². The van der Waals surface area contributed by atoms with Crippen LogP contribution >= 0.6 is 0 Å². The quantitative estimate of drug-likeness (QED) is 0.562. The summed E-state index contributed by atoms with van der Waals surface area (Å²) in [5.74, 6) is -0.431. The molecule has 8 nitrogen and oxygen atoms in total. The van der Waals surface area contributed by atoms with E-state index in [0.717, 1.165) is 0 Å². The second-order valence-corrected chi connectivity index (χ2v) is 10.6. The number of fused-ring (bicyclic) bond motifs is 1. The lowest BCUT2D eigenvalue weighted by molar-refractivity contribution is 0.0946. The van der Waals surface area contributed by atoms with Gasteiger partial charge in [0.2, 0.25) is 16.0 Å². The van der Waals surface area contributed by atoms with Gasteiger partial charge in [-0.1, -0.05) is 24.3 Å². The number of hydrogen-bond donors (Lipinski definition) is 2. The molecule has 1 saturated carbocycles. The number of aliphatic hydroxyl groups is 1. The maximum absolute atomic E-state index is 14.4. The highest BCUT2D eigenvalue weighted by Crippen LogP contribution is 2.33. The lowest BCUT2D eigenvalue weighted by Crippen LogP contribution is -2.52. The molecule has 2 aliphatic rings. The maximum Gasteiger partial charge on any atom is 0.263 e. The van der Waals surface area contributed by atoms with Crippen LogP contribution in [0.2, 0.25) is 0 Å². The Morgan fingerprint density at radius 3 is 2.52 bits per heavy atom. The first-order chi connectivity index (χ1) is 15.7. The molecule has 1 aliphatic carbocycles. The van der Waals surface area contributed by atoms with Gasteiger partial charge in [0.1, 0.15) is 5.52 Å². The van der Waals surface area contributed by atoms with Gasteiger partial charge >= 0.3 is 0 Å². The van der Waals surface area contributed by atoms with E-state index in [1.165, 1.54) is 45.3 Å². The molecule has 0 unspecified atom stereocenters. The monoisotopic (exact) mass is 481 g/mol. The summed E-state index contributed by atoms with van der Waals surface area (Å²) < 4.78 is 67.6. The fourth-order valence-corrected chi connectivity index (χ4v) is 5.94. The van der Waals surface area contributed by atoms with Crippen molar-refractivity contribution < 1.29 is 26.7 Å². The topological polar surface area (TPSA) is 99.8 Å². The van der Waals surface area contributed by atoms with E-state index in [1.807, 2.05) is 0 Å². The van der Waals surface area contributed by atoms with E-state index in [2.05, 4.69) is 15.4 Å². The molecule has 1 saturated heterocycles. The first kappa shape index (κ1) is 22.1. The van der Waals surface area contributed by atoms with Gasteiger partial charge in [-0.25, -0.2) is 31.1 Å². The summed E-state index contributed by atoms with van der Waals surface area (Å²) in [4.78, 5) is 4.12. The molecule has 0 amide bonds. The summed E-state index contributed by atoms with van der Waals surface area (Å²) in [5, 5.41) is 17.5. The van der Waals surface area contributed by atoms with Crippen LogP contribution in [0.15, 0.2) is 36.5 Å². The number of aliphatic hydroxyl groups excluding tert-OH is 1. The number of halogens is 3. The Morgan fingerprint density at radius 2 is 1.88 bits per heavy atom. The van der Waals surface area contributed by atoms with Gasteiger partial charge in [-0.05, 0) is 19.3 Å². The molecule has 2 N–H and O–H groups in total. The number of alkyl halides is 2. The normalized spacial score (nSPS) is 22.2. The van der Waals surface area contributed by atoms with Gasteiger partial charge in [0, 0.05) is 30.3 Å². The van der Waals surface area contributed by atoms with Crippen molar-refractivity contribution in [3.63, 3.8) is 0 Å². The third-order valence-corrected chi connectivity index (χ3v) is 8.46. The van der Waals surface area contributed by atoms with Gasteiger partial charge in [0.25, 0.3) is 6.43 Å². The molecule has 1 aromatic carbocycles. The van der Waals surface area contributed by atoms with E-state index in [4.69, 9.17) is 0 Å². The highest BCUT2D eigenvalue weighted by atomic mass is 32.2. The van der Waals surface area contributed by atoms with Gasteiger partial charge in [-0.3, -0.25) is 0 Å². The van der Waals surface area contributed by atoms with Gasteiger partial charge in [0.15, 0.2) is 5.82 Å². The molecule has 5 rings (SSSR count). The van der Waals surface area contributed by atoms with Gasteiger partial charge in [-0.15, -0.1) is 5.10 Å². The lowest BCUT2D eigenvalue weighted by Gasteiger charge is -2.35. The van der Waals surface area contributed by atoms with Gasteiger partial charge in [-0.2, -0.15) is 4.31 Å². The number of nitrogens with one attached hydrogen (secondary N) is 1. The molecule has 1 aliphatic heterocycles. The fraction of sp³-hybridized carbons (Fsp3) is 0.429. The Balaban J connectivity index is 1.37. The Kier molecular flexibility index (Phi) is 5.53. The number of β-amino-alcohol motifs (C(OH)–C–C–N with tert-alkyl or cyclic N) is 1. The molecule has 0 spiro atoms. The SMILES string of the molecule is O=S(=O)(C1CC1)N1CC[C@@H](Nc2ncc3c(F)cc(-c4ccc(C(F)F)cc4)n3n2)[C@H](O)C1. The number of nitrogens with zero attached hydrogens (tertiary/aromatic N) is 4. The molecule has 2 fully saturated rings. The zero-order valence-electron chi connectivity index (χ0n) is 17.4. The van der Waals surface area contributed by atoms with Crippen molar-refractivity contribution in [3.8, 4) is 11.3 Å².